The van der Waals surface area contributed by atoms with Crippen LogP contribution in [0, 0.1) is 13.8 Å². The molecule has 0 aliphatic rings. The number of hydrogen-bond donors (Lipinski definition) is 1. The number of carbonyl (C=O) groups excluding carboxylic acids is 1. The van der Waals surface area contributed by atoms with Gasteiger partial charge in [-0.15, -0.1) is 11.3 Å². The zero-order valence-corrected chi connectivity index (χ0v) is 18.8. The lowest BCUT2D eigenvalue weighted by Crippen LogP contribution is -2.09. The number of amides is 1. The van der Waals surface area contributed by atoms with E-state index in [0.717, 1.165) is 16.9 Å². The van der Waals surface area contributed by atoms with Gasteiger partial charge in [0.25, 0.3) is 5.91 Å². The van der Waals surface area contributed by atoms with Gasteiger partial charge in [-0.2, -0.15) is 5.10 Å². The number of thiophene rings is 1. The third-order valence-electron chi connectivity index (χ3n) is 4.94. The maximum Gasteiger partial charge on any atom is 0.265 e. The first kappa shape index (κ1) is 21.2. The summed E-state index contributed by atoms with van der Waals surface area (Å²) in [5.41, 5.74) is 4.99. The third kappa shape index (κ3) is 5.34. The fraction of sp³-hybridized carbons (Fsp3) is 0.167. The molecule has 0 atom stereocenters. The molecular formula is C24H22ClN3O2S. The number of nitrogens with zero attached hydrogens (tertiary/aromatic N) is 2. The van der Waals surface area contributed by atoms with Crippen molar-refractivity contribution in [2.45, 2.75) is 27.0 Å². The SMILES string of the molecule is Cc1ccc(OCc2csc(C(=O)Nc3cnn(Cc4ccccc4Cl)c3)c2)cc1C. The number of rotatable bonds is 7. The second-order valence-electron chi connectivity index (χ2n) is 7.33. The zero-order valence-electron chi connectivity index (χ0n) is 17.3. The molecule has 31 heavy (non-hydrogen) atoms. The molecule has 0 aliphatic heterocycles. The molecule has 0 radical (unpaired) electrons. The summed E-state index contributed by atoms with van der Waals surface area (Å²) in [6, 6.07) is 15.5. The van der Waals surface area contributed by atoms with Gasteiger partial charge in [0.15, 0.2) is 0 Å². The van der Waals surface area contributed by atoms with Crippen molar-refractivity contribution in [3.8, 4) is 5.75 Å². The van der Waals surface area contributed by atoms with Crippen LogP contribution in [-0.4, -0.2) is 15.7 Å². The van der Waals surface area contributed by atoms with Crippen molar-refractivity contribution in [3.05, 3.63) is 98.5 Å². The molecule has 2 heterocycles. The van der Waals surface area contributed by atoms with Gasteiger partial charge in [0.2, 0.25) is 0 Å². The Morgan fingerprint density at radius 3 is 2.81 bits per heavy atom. The molecule has 2 aromatic heterocycles. The Hall–Kier alpha value is -3.09. The Balaban J connectivity index is 1.34. The number of halogens is 1. The van der Waals surface area contributed by atoms with E-state index in [-0.39, 0.29) is 5.91 Å². The van der Waals surface area contributed by atoms with Gasteiger partial charge in [0, 0.05) is 16.8 Å². The van der Waals surface area contributed by atoms with E-state index in [1.165, 1.54) is 22.5 Å². The maximum atomic E-state index is 12.6. The molecule has 1 amide bonds. The van der Waals surface area contributed by atoms with Crippen LogP contribution in [0.2, 0.25) is 5.02 Å². The number of carbonyl (C=O) groups is 1. The molecule has 7 heteroatoms. The monoisotopic (exact) mass is 451 g/mol. The topological polar surface area (TPSA) is 56.1 Å². The minimum atomic E-state index is -0.167. The summed E-state index contributed by atoms with van der Waals surface area (Å²) in [6.45, 7) is 5.09. The maximum absolute atomic E-state index is 12.6. The number of ether oxygens (including phenoxy) is 1. The van der Waals surface area contributed by atoms with Gasteiger partial charge in [0.1, 0.15) is 12.4 Å². The van der Waals surface area contributed by atoms with E-state index in [1.54, 1.807) is 17.1 Å². The second kappa shape index (κ2) is 9.37. The van der Waals surface area contributed by atoms with Crippen LogP contribution in [0.1, 0.15) is 31.9 Å². The molecule has 0 saturated heterocycles. The van der Waals surface area contributed by atoms with E-state index in [4.69, 9.17) is 16.3 Å². The normalized spacial score (nSPS) is 10.8. The standard InChI is InChI=1S/C24H22ClN3O2S/c1-16-7-8-21(9-17(16)2)30-14-18-10-23(31-15-18)24(29)27-20-11-26-28(13-20)12-19-5-3-4-6-22(19)25/h3-11,13,15H,12,14H2,1-2H3,(H,27,29). The molecule has 5 nitrogen and oxygen atoms in total. The second-order valence-corrected chi connectivity index (χ2v) is 8.64. The summed E-state index contributed by atoms with van der Waals surface area (Å²) < 4.78 is 7.60. The molecule has 1 N–H and O–H groups in total. The Kier molecular flexibility index (Phi) is 6.39. The van der Waals surface area contributed by atoms with Crippen molar-refractivity contribution in [2.75, 3.05) is 5.32 Å². The van der Waals surface area contributed by atoms with E-state index >= 15 is 0 Å². The third-order valence-corrected chi connectivity index (χ3v) is 6.29. The molecule has 4 rings (SSSR count). The van der Waals surface area contributed by atoms with Crippen molar-refractivity contribution in [2.24, 2.45) is 0 Å². The van der Waals surface area contributed by atoms with Crippen LogP contribution in [0.5, 0.6) is 5.75 Å². The molecule has 0 spiro atoms. The molecular weight excluding hydrogens is 430 g/mol. The van der Waals surface area contributed by atoms with E-state index < -0.39 is 0 Å². The highest BCUT2D eigenvalue weighted by molar-refractivity contribution is 7.12. The first-order valence-electron chi connectivity index (χ1n) is 9.82. The van der Waals surface area contributed by atoms with Crippen molar-refractivity contribution < 1.29 is 9.53 Å². The van der Waals surface area contributed by atoms with Crippen LogP contribution < -0.4 is 10.1 Å². The van der Waals surface area contributed by atoms with Gasteiger partial charge < -0.3 is 10.1 Å². The van der Waals surface area contributed by atoms with Crippen molar-refractivity contribution in [1.29, 1.82) is 0 Å². The molecule has 0 aliphatic carbocycles. The highest BCUT2D eigenvalue weighted by Gasteiger charge is 2.12. The van der Waals surface area contributed by atoms with Gasteiger partial charge in [-0.05, 0) is 60.2 Å². The fourth-order valence-electron chi connectivity index (χ4n) is 3.05. The predicted molar refractivity (Wildman–Crippen MR) is 125 cm³/mol. The Morgan fingerprint density at radius 1 is 1.16 bits per heavy atom. The van der Waals surface area contributed by atoms with Crippen molar-refractivity contribution >= 4 is 34.5 Å². The van der Waals surface area contributed by atoms with Crippen LogP contribution in [0.25, 0.3) is 0 Å². The Morgan fingerprint density at radius 2 is 2.00 bits per heavy atom. The summed E-state index contributed by atoms with van der Waals surface area (Å²) >= 11 is 7.60. The van der Waals surface area contributed by atoms with Crippen LogP contribution in [0.4, 0.5) is 5.69 Å². The fourth-order valence-corrected chi connectivity index (χ4v) is 4.04. The number of aryl methyl sites for hydroxylation is 2. The lowest BCUT2D eigenvalue weighted by Gasteiger charge is -2.07. The minimum absolute atomic E-state index is 0.167. The van der Waals surface area contributed by atoms with Crippen molar-refractivity contribution in [1.82, 2.24) is 9.78 Å². The minimum Gasteiger partial charge on any atom is -0.489 e. The van der Waals surface area contributed by atoms with E-state index in [0.29, 0.717) is 28.7 Å². The summed E-state index contributed by atoms with van der Waals surface area (Å²) in [5.74, 6) is 0.658. The average Bonchev–Trinajstić information content (AvgIpc) is 3.40. The Labute approximate surface area is 190 Å². The highest BCUT2D eigenvalue weighted by Crippen LogP contribution is 2.21. The molecule has 158 valence electrons. The first-order chi connectivity index (χ1) is 15.0. The molecule has 0 unspecified atom stereocenters. The van der Waals surface area contributed by atoms with Crippen LogP contribution >= 0.6 is 22.9 Å². The number of benzene rings is 2. The highest BCUT2D eigenvalue weighted by atomic mass is 35.5. The van der Waals surface area contributed by atoms with Crippen molar-refractivity contribution in [3.63, 3.8) is 0 Å². The number of aromatic nitrogens is 2. The van der Waals surface area contributed by atoms with Gasteiger partial charge in [-0.3, -0.25) is 9.48 Å². The number of anilines is 1. The quantitative estimate of drug-likeness (QED) is 0.369. The Bertz CT molecular complexity index is 1220. The van der Waals surface area contributed by atoms with Gasteiger partial charge in [0.05, 0.1) is 23.3 Å². The lowest BCUT2D eigenvalue weighted by molar-refractivity contribution is 0.103. The van der Waals surface area contributed by atoms with E-state index in [2.05, 4.69) is 24.3 Å². The smallest absolute Gasteiger partial charge is 0.265 e. The summed E-state index contributed by atoms with van der Waals surface area (Å²) in [5, 5.41) is 9.84. The molecule has 0 fully saturated rings. The molecule has 0 bridgehead atoms. The number of nitrogens with one attached hydrogen (secondary N) is 1. The van der Waals surface area contributed by atoms with Gasteiger partial charge >= 0.3 is 0 Å². The first-order valence-corrected chi connectivity index (χ1v) is 11.1. The van der Waals surface area contributed by atoms with Crippen LogP contribution in [0.15, 0.2) is 66.3 Å². The average molecular weight is 452 g/mol. The number of hydrogen-bond acceptors (Lipinski definition) is 4. The van der Waals surface area contributed by atoms with Gasteiger partial charge in [-0.25, -0.2) is 0 Å². The molecule has 4 aromatic rings. The summed E-state index contributed by atoms with van der Waals surface area (Å²) in [7, 11) is 0. The largest absolute Gasteiger partial charge is 0.489 e. The zero-order chi connectivity index (χ0) is 21.8. The van der Waals surface area contributed by atoms with Crippen LogP contribution in [-0.2, 0) is 13.2 Å². The molecule has 2 aromatic carbocycles. The summed E-state index contributed by atoms with van der Waals surface area (Å²) in [6.07, 6.45) is 3.42. The molecule has 0 saturated carbocycles. The predicted octanol–water partition coefficient (Wildman–Crippen LogP) is 6.09. The summed E-state index contributed by atoms with van der Waals surface area (Å²) in [4.78, 5) is 13.2. The van der Waals surface area contributed by atoms with Gasteiger partial charge in [-0.1, -0.05) is 35.9 Å². The van der Waals surface area contributed by atoms with E-state index in [9.17, 15) is 4.79 Å². The van der Waals surface area contributed by atoms with Crippen LogP contribution in [0.3, 0.4) is 0 Å². The lowest BCUT2D eigenvalue weighted by atomic mass is 10.1. The van der Waals surface area contributed by atoms with E-state index in [1.807, 2.05) is 53.9 Å².